The second kappa shape index (κ2) is 7.72. The average molecular weight is 337 g/mol. The van der Waals surface area contributed by atoms with Gasteiger partial charge in [0, 0.05) is 30.3 Å². The number of aromatic nitrogens is 2. The number of ether oxygens (including phenoxy) is 1. The van der Waals surface area contributed by atoms with Crippen molar-refractivity contribution < 1.29 is 13.9 Å². The van der Waals surface area contributed by atoms with Gasteiger partial charge in [0.05, 0.1) is 6.61 Å². The zero-order valence-corrected chi connectivity index (χ0v) is 14.2. The Balaban J connectivity index is 1.74. The van der Waals surface area contributed by atoms with Crippen LogP contribution in [0.3, 0.4) is 0 Å². The molecule has 128 valence electrons. The number of nitrogens with zero attached hydrogens (tertiary/aromatic N) is 2. The Bertz CT molecular complexity index is 856. The molecule has 3 aromatic rings. The number of hydrogen-bond donors (Lipinski definition) is 1. The van der Waals surface area contributed by atoms with Crippen molar-refractivity contribution in [3.63, 3.8) is 0 Å². The molecule has 0 aliphatic rings. The van der Waals surface area contributed by atoms with Crippen molar-refractivity contribution >= 4 is 5.91 Å². The Kier molecular flexibility index (Phi) is 5.20. The lowest BCUT2D eigenvalue weighted by Crippen LogP contribution is -2.26. The number of nitrogens with one attached hydrogen (secondary N) is 1. The van der Waals surface area contributed by atoms with Gasteiger partial charge < -0.3 is 14.5 Å². The SMILES string of the molecule is COCCNC(=O)c1ccc(-c2nnc(-c3cccc(C)c3)o2)cc1. The van der Waals surface area contributed by atoms with Crippen LogP contribution in [0.1, 0.15) is 15.9 Å². The fourth-order valence-electron chi connectivity index (χ4n) is 2.37. The van der Waals surface area contributed by atoms with E-state index in [-0.39, 0.29) is 5.91 Å². The second-order valence-electron chi connectivity index (χ2n) is 5.61. The summed E-state index contributed by atoms with van der Waals surface area (Å²) in [7, 11) is 1.59. The van der Waals surface area contributed by atoms with Gasteiger partial charge in [0.2, 0.25) is 11.8 Å². The topological polar surface area (TPSA) is 77.2 Å². The number of carbonyl (C=O) groups excluding carboxylic acids is 1. The van der Waals surface area contributed by atoms with Crippen LogP contribution in [0.5, 0.6) is 0 Å². The predicted octanol–water partition coefficient (Wildman–Crippen LogP) is 3.09. The predicted molar refractivity (Wildman–Crippen MR) is 94.1 cm³/mol. The van der Waals surface area contributed by atoms with Crippen LogP contribution in [0, 0.1) is 6.92 Å². The van der Waals surface area contributed by atoms with Crippen LogP contribution in [0.4, 0.5) is 0 Å². The van der Waals surface area contributed by atoms with E-state index in [1.165, 1.54) is 0 Å². The number of benzene rings is 2. The molecular formula is C19H19N3O3. The van der Waals surface area contributed by atoms with Crippen molar-refractivity contribution in [1.82, 2.24) is 15.5 Å². The third kappa shape index (κ3) is 4.10. The normalized spacial score (nSPS) is 10.6. The summed E-state index contributed by atoms with van der Waals surface area (Å²) in [5, 5.41) is 11.0. The highest BCUT2D eigenvalue weighted by Crippen LogP contribution is 2.24. The molecule has 1 amide bonds. The summed E-state index contributed by atoms with van der Waals surface area (Å²) in [5.74, 6) is 0.748. The number of carbonyl (C=O) groups is 1. The Hall–Kier alpha value is -2.99. The van der Waals surface area contributed by atoms with Crippen LogP contribution in [0.25, 0.3) is 22.9 Å². The Morgan fingerprint density at radius 3 is 2.48 bits per heavy atom. The van der Waals surface area contributed by atoms with E-state index in [0.717, 1.165) is 16.7 Å². The van der Waals surface area contributed by atoms with Crippen molar-refractivity contribution in [2.75, 3.05) is 20.3 Å². The fourth-order valence-corrected chi connectivity index (χ4v) is 2.37. The second-order valence-corrected chi connectivity index (χ2v) is 5.61. The van der Waals surface area contributed by atoms with Gasteiger partial charge in [0.15, 0.2) is 0 Å². The Morgan fingerprint density at radius 1 is 1.08 bits per heavy atom. The van der Waals surface area contributed by atoms with Gasteiger partial charge in [-0.15, -0.1) is 10.2 Å². The lowest BCUT2D eigenvalue weighted by molar-refractivity contribution is 0.0937. The highest BCUT2D eigenvalue weighted by Gasteiger charge is 2.12. The molecule has 6 heteroatoms. The maximum Gasteiger partial charge on any atom is 0.251 e. The molecule has 1 N–H and O–H groups in total. The third-order valence-electron chi connectivity index (χ3n) is 3.68. The molecule has 0 aliphatic heterocycles. The van der Waals surface area contributed by atoms with Gasteiger partial charge >= 0.3 is 0 Å². The first-order chi connectivity index (χ1) is 12.2. The Morgan fingerprint density at radius 2 is 1.80 bits per heavy atom. The van der Waals surface area contributed by atoms with Gasteiger partial charge in [-0.2, -0.15) is 0 Å². The zero-order chi connectivity index (χ0) is 17.6. The minimum atomic E-state index is -0.144. The van der Waals surface area contributed by atoms with Crippen LogP contribution < -0.4 is 5.32 Å². The number of methoxy groups -OCH3 is 1. The van der Waals surface area contributed by atoms with E-state index in [9.17, 15) is 4.79 Å². The van der Waals surface area contributed by atoms with Crippen molar-refractivity contribution in [1.29, 1.82) is 0 Å². The van der Waals surface area contributed by atoms with Crippen LogP contribution in [0.15, 0.2) is 52.9 Å². The van der Waals surface area contributed by atoms with Crippen LogP contribution in [0.2, 0.25) is 0 Å². The number of hydrogen-bond acceptors (Lipinski definition) is 5. The molecule has 1 heterocycles. The van der Waals surface area contributed by atoms with Gasteiger partial charge in [-0.05, 0) is 43.3 Å². The van der Waals surface area contributed by atoms with Crippen molar-refractivity contribution in [3.8, 4) is 22.9 Å². The van der Waals surface area contributed by atoms with Gasteiger partial charge in [0.25, 0.3) is 5.91 Å². The third-order valence-corrected chi connectivity index (χ3v) is 3.68. The maximum absolute atomic E-state index is 12.0. The summed E-state index contributed by atoms with van der Waals surface area (Å²) in [6.07, 6.45) is 0. The molecule has 1 aromatic heterocycles. The van der Waals surface area contributed by atoms with Gasteiger partial charge in [0.1, 0.15) is 0 Å². The first-order valence-corrected chi connectivity index (χ1v) is 7.95. The zero-order valence-electron chi connectivity index (χ0n) is 14.2. The highest BCUT2D eigenvalue weighted by molar-refractivity contribution is 5.94. The summed E-state index contributed by atoms with van der Waals surface area (Å²) < 4.78 is 10.7. The minimum Gasteiger partial charge on any atom is -0.416 e. The van der Waals surface area contributed by atoms with Crippen molar-refractivity contribution in [2.45, 2.75) is 6.92 Å². The molecule has 0 unspecified atom stereocenters. The molecule has 6 nitrogen and oxygen atoms in total. The van der Waals surface area contributed by atoms with E-state index in [1.54, 1.807) is 31.4 Å². The molecular weight excluding hydrogens is 318 g/mol. The van der Waals surface area contributed by atoms with E-state index in [0.29, 0.717) is 30.5 Å². The number of rotatable bonds is 6. The summed E-state index contributed by atoms with van der Waals surface area (Å²) in [4.78, 5) is 12.0. The number of amides is 1. The van der Waals surface area contributed by atoms with Gasteiger partial charge in [-0.25, -0.2) is 0 Å². The fraction of sp³-hybridized carbons (Fsp3) is 0.211. The average Bonchev–Trinajstić information content (AvgIpc) is 3.12. The molecule has 0 fully saturated rings. The van der Waals surface area contributed by atoms with E-state index in [4.69, 9.17) is 9.15 Å². The van der Waals surface area contributed by atoms with E-state index in [2.05, 4.69) is 15.5 Å². The molecule has 0 saturated carbocycles. The summed E-state index contributed by atoms with van der Waals surface area (Å²) >= 11 is 0. The molecule has 0 radical (unpaired) electrons. The monoisotopic (exact) mass is 337 g/mol. The molecule has 3 rings (SSSR count). The van der Waals surface area contributed by atoms with E-state index in [1.807, 2.05) is 31.2 Å². The quantitative estimate of drug-likeness (QED) is 0.700. The molecule has 25 heavy (non-hydrogen) atoms. The Labute approximate surface area is 145 Å². The van der Waals surface area contributed by atoms with Crippen LogP contribution in [-0.2, 0) is 4.74 Å². The minimum absolute atomic E-state index is 0.144. The summed E-state index contributed by atoms with van der Waals surface area (Å²) in [6, 6.07) is 14.9. The number of aryl methyl sites for hydroxylation is 1. The first kappa shape index (κ1) is 16.9. The highest BCUT2D eigenvalue weighted by atomic mass is 16.5. The molecule has 0 saturated heterocycles. The molecule has 0 spiro atoms. The van der Waals surface area contributed by atoms with Gasteiger partial charge in [-0.1, -0.05) is 17.7 Å². The molecule has 2 aromatic carbocycles. The van der Waals surface area contributed by atoms with Crippen molar-refractivity contribution in [3.05, 3.63) is 59.7 Å². The first-order valence-electron chi connectivity index (χ1n) is 7.95. The standard InChI is InChI=1S/C19H19N3O3/c1-13-4-3-5-16(12-13)19-22-21-18(25-19)15-8-6-14(7-9-15)17(23)20-10-11-24-2/h3-9,12H,10-11H2,1-2H3,(H,20,23). The van der Waals surface area contributed by atoms with Crippen LogP contribution in [-0.4, -0.2) is 36.4 Å². The molecule has 0 aliphatic carbocycles. The smallest absolute Gasteiger partial charge is 0.251 e. The molecule has 0 atom stereocenters. The molecule has 0 bridgehead atoms. The largest absolute Gasteiger partial charge is 0.416 e. The van der Waals surface area contributed by atoms with Crippen molar-refractivity contribution in [2.24, 2.45) is 0 Å². The van der Waals surface area contributed by atoms with E-state index >= 15 is 0 Å². The maximum atomic E-state index is 12.0. The van der Waals surface area contributed by atoms with E-state index < -0.39 is 0 Å². The van der Waals surface area contributed by atoms with Gasteiger partial charge in [-0.3, -0.25) is 4.79 Å². The lowest BCUT2D eigenvalue weighted by Gasteiger charge is -2.04. The van der Waals surface area contributed by atoms with Crippen LogP contribution >= 0.6 is 0 Å². The summed E-state index contributed by atoms with van der Waals surface area (Å²) in [5.41, 5.74) is 3.34. The summed E-state index contributed by atoms with van der Waals surface area (Å²) in [6.45, 7) is 2.96. The lowest BCUT2D eigenvalue weighted by atomic mass is 10.1.